The molecule has 0 bridgehead atoms. The Kier molecular flexibility index (Phi) is 6.17. The molecule has 112 valence electrons. The Labute approximate surface area is 121 Å². The zero-order chi connectivity index (χ0) is 15.2. The van der Waals surface area contributed by atoms with Gasteiger partial charge in [-0.2, -0.15) is 0 Å². The maximum atomic E-state index is 11.4. The minimum absolute atomic E-state index is 0.0794. The first-order valence-electron chi connectivity index (χ1n) is 7.14. The third kappa shape index (κ3) is 4.62. The quantitative estimate of drug-likeness (QED) is 0.714. The van der Waals surface area contributed by atoms with Crippen molar-refractivity contribution < 1.29 is 9.90 Å². The van der Waals surface area contributed by atoms with Gasteiger partial charge in [-0.25, -0.2) is 0 Å². The first kappa shape index (κ1) is 16.7. The van der Waals surface area contributed by atoms with Gasteiger partial charge >= 0.3 is 0 Å². The molecule has 0 saturated carbocycles. The molecule has 2 atom stereocenters. The van der Waals surface area contributed by atoms with Crippen molar-refractivity contribution in [3.8, 4) is 0 Å². The zero-order valence-electron chi connectivity index (χ0n) is 12.9. The van der Waals surface area contributed by atoms with E-state index in [-0.39, 0.29) is 11.8 Å². The van der Waals surface area contributed by atoms with Crippen LogP contribution in [0, 0.1) is 5.92 Å². The summed E-state index contributed by atoms with van der Waals surface area (Å²) >= 11 is 0. The van der Waals surface area contributed by atoms with E-state index in [2.05, 4.69) is 24.5 Å². The lowest BCUT2D eigenvalue weighted by Crippen LogP contribution is -2.42. The van der Waals surface area contributed by atoms with Crippen molar-refractivity contribution >= 4 is 5.91 Å². The summed E-state index contributed by atoms with van der Waals surface area (Å²) in [6, 6.07) is 7.47. The van der Waals surface area contributed by atoms with E-state index >= 15 is 0 Å². The second-order valence-corrected chi connectivity index (χ2v) is 5.55. The van der Waals surface area contributed by atoms with Gasteiger partial charge in [0.2, 0.25) is 0 Å². The molecule has 0 spiro atoms. The number of rotatable bonds is 7. The first-order valence-corrected chi connectivity index (χ1v) is 7.14. The molecule has 4 heteroatoms. The highest BCUT2D eigenvalue weighted by Crippen LogP contribution is 2.19. The van der Waals surface area contributed by atoms with Crippen molar-refractivity contribution in [2.75, 3.05) is 13.6 Å². The minimum Gasteiger partial charge on any atom is -0.389 e. The predicted molar refractivity (Wildman–Crippen MR) is 81.6 cm³/mol. The van der Waals surface area contributed by atoms with Gasteiger partial charge in [-0.3, -0.25) is 4.79 Å². The van der Waals surface area contributed by atoms with E-state index in [9.17, 15) is 9.90 Å². The molecule has 1 rings (SSSR count). The van der Waals surface area contributed by atoms with Crippen molar-refractivity contribution in [3.05, 3.63) is 35.4 Å². The molecule has 3 N–H and O–H groups in total. The van der Waals surface area contributed by atoms with Crippen molar-refractivity contribution in [2.45, 2.75) is 39.3 Å². The van der Waals surface area contributed by atoms with Gasteiger partial charge in [0.05, 0.1) is 5.60 Å². The van der Waals surface area contributed by atoms with E-state index in [0.717, 1.165) is 12.0 Å². The van der Waals surface area contributed by atoms with Crippen molar-refractivity contribution in [2.24, 2.45) is 5.92 Å². The van der Waals surface area contributed by atoms with Crippen LogP contribution >= 0.6 is 0 Å². The van der Waals surface area contributed by atoms with Crippen LogP contribution in [-0.2, 0) is 6.54 Å². The molecule has 0 aliphatic carbocycles. The highest BCUT2D eigenvalue weighted by molar-refractivity contribution is 5.93. The Morgan fingerprint density at radius 3 is 2.45 bits per heavy atom. The van der Waals surface area contributed by atoms with Gasteiger partial charge < -0.3 is 15.7 Å². The molecule has 0 heterocycles. The number of amides is 1. The second kappa shape index (κ2) is 7.41. The van der Waals surface area contributed by atoms with Crippen LogP contribution in [0.15, 0.2) is 24.3 Å². The van der Waals surface area contributed by atoms with Crippen molar-refractivity contribution in [1.29, 1.82) is 0 Å². The molecule has 0 saturated heterocycles. The number of benzene rings is 1. The summed E-state index contributed by atoms with van der Waals surface area (Å²) in [6.45, 7) is 7.24. The smallest absolute Gasteiger partial charge is 0.251 e. The summed E-state index contributed by atoms with van der Waals surface area (Å²) in [5.74, 6) is 0.176. The molecule has 4 nitrogen and oxygen atoms in total. The lowest BCUT2D eigenvalue weighted by molar-refractivity contribution is 0.00534. The lowest BCUT2D eigenvalue weighted by Gasteiger charge is -2.30. The molecule has 2 unspecified atom stereocenters. The van der Waals surface area contributed by atoms with Gasteiger partial charge in [0, 0.05) is 25.7 Å². The zero-order valence-corrected chi connectivity index (χ0v) is 12.9. The van der Waals surface area contributed by atoms with Crippen LogP contribution in [-0.4, -0.2) is 30.2 Å². The normalized spacial score (nSPS) is 15.4. The molecule has 0 aliphatic heterocycles. The SMILES string of the molecule is CCC(C)C(C)(O)CNCc1ccc(C(=O)NC)cc1. The third-order valence-electron chi connectivity index (χ3n) is 3.93. The monoisotopic (exact) mass is 278 g/mol. The average molecular weight is 278 g/mol. The van der Waals surface area contributed by atoms with E-state index < -0.39 is 5.60 Å². The highest BCUT2D eigenvalue weighted by atomic mass is 16.3. The average Bonchev–Trinajstić information content (AvgIpc) is 2.46. The Hall–Kier alpha value is -1.39. The summed E-state index contributed by atoms with van der Waals surface area (Å²) in [5.41, 5.74) is 1.05. The van der Waals surface area contributed by atoms with Crippen molar-refractivity contribution in [3.63, 3.8) is 0 Å². The molecule has 1 aromatic carbocycles. The van der Waals surface area contributed by atoms with Gasteiger partial charge in [-0.05, 0) is 30.5 Å². The molecular weight excluding hydrogens is 252 g/mol. The van der Waals surface area contributed by atoms with Crippen molar-refractivity contribution in [1.82, 2.24) is 10.6 Å². The number of carbonyl (C=O) groups excluding carboxylic acids is 1. The van der Waals surface area contributed by atoms with E-state index in [1.54, 1.807) is 7.05 Å². The lowest BCUT2D eigenvalue weighted by atomic mass is 9.88. The summed E-state index contributed by atoms with van der Waals surface area (Å²) < 4.78 is 0. The minimum atomic E-state index is -0.698. The van der Waals surface area contributed by atoms with Gasteiger partial charge in [0.1, 0.15) is 0 Å². The highest BCUT2D eigenvalue weighted by Gasteiger charge is 2.26. The molecule has 0 radical (unpaired) electrons. The summed E-state index contributed by atoms with van der Waals surface area (Å²) in [7, 11) is 1.62. The number of nitrogens with one attached hydrogen (secondary N) is 2. The van der Waals surface area contributed by atoms with E-state index in [0.29, 0.717) is 18.7 Å². The predicted octanol–water partition coefficient (Wildman–Crippen LogP) is 1.93. The molecule has 1 amide bonds. The number of aliphatic hydroxyl groups is 1. The Morgan fingerprint density at radius 1 is 1.35 bits per heavy atom. The van der Waals surface area contributed by atoms with Gasteiger partial charge in [-0.1, -0.05) is 32.4 Å². The number of hydrogen-bond donors (Lipinski definition) is 3. The Balaban J connectivity index is 2.48. The number of hydrogen-bond acceptors (Lipinski definition) is 3. The van der Waals surface area contributed by atoms with E-state index in [1.807, 2.05) is 31.2 Å². The molecule has 0 aliphatic rings. The standard InChI is InChI=1S/C16H26N2O2/c1-5-12(2)16(3,20)11-18-10-13-6-8-14(9-7-13)15(19)17-4/h6-9,12,18,20H,5,10-11H2,1-4H3,(H,17,19). The fourth-order valence-corrected chi connectivity index (χ4v) is 1.99. The first-order chi connectivity index (χ1) is 9.40. The van der Waals surface area contributed by atoms with Crippen LogP contribution in [0.1, 0.15) is 43.1 Å². The molecule has 1 aromatic rings. The topological polar surface area (TPSA) is 61.4 Å². The van der Waals surface area contributed by atoms with Crippen LogP contribution in [0.25, 0.3) is 0 Å². The van der Waals surface area contributed by atoms with E-state index in [4.69, 9.17) is 0 Å². The fraction of sp³-hybridized carbons (Fsp3) is 0.562. The van der Waals surface area contributed by atoms with Gasteiger partial charge in [0.25, 0.3) is 5.91 Å². The molecule has 0 fully saturated rings. The van der Waals surface area contributed by atoms with Crippen LogP contribution < -0.4 is 10.6 Å². The van der Waals surface area contributed by atoms with Gasteiger partial charge in [0.15, 0.2) is 0 Å². The molecule has 20 heavy (non-hydrogen) atoms. The summed E-state index contributed by atoms with van der Waals surface area (Å²) in [4.78, 5) is 11.4. The van der Waals surface area contributed by atoms with Crippen LogP contribution in [0.2, 0.25) is 0 Å². The largest absolute Gasteiger partial charge is 0.389 e. The maximum Gasteiger partial charge on any atom is 0.251 e. The summed E-state index contributed by atoms with van der Waals surface area (Å²) in [6.07, 6.45) is 0.954. The Morgan fingerprint density at radius 2 is 1.95 bits per heavy atom. The Bertz CT molecular complexity index is 427. The number of carbonyl (C=O) groups is 1. The van der Waals surface area contributed by atoms with Gasteiger partial charge in [-0.15, -0.1) is 0 Å². The fourth-order valence-electron chi connectivity index (χ4n) is 1.99. The van der Waals surface area contributed by atoms with Crippen LogP contribution in [0.5, 0.6) is 0 Å². The molecular formula is C16H26N2O2. The third-order valence-corrected chi connectivity index (χ3v) is 3.93. The van der Waals surface area contributed by atoms with Crippen LogP contribution in [0.3, 0.4) is 0 Å². The van der Waals surface area contributed by atoms with E-state index in [1.165, 1.54) is 0 Å². The maximum absolute atomic E-state index is 11.4. The molecule has 0 aromatic heterocycles. The summed E-state index contributed by atoms with van der Waals surface area (Å²) in [5, 5.41) is 16.2. The second-order valence-electron chi connectivity index (χ2n) is 5.55. The van der Waals surface area contributed by atoms with Crippen LogP contribution in [0.4, 0.5) is 0 Å².